The summed E-state index contributed by atoms with van der Waals surface area (Å²) in [6.07, 6.45) is 10.5. The molecular weight excluding hydrogens is 889 g/mol. The van der Waals surface area contributed by atoms with Gasteiger partial charge in [-0.05, 0) is 132 Å². The number of allylic oxidation sites excluding steroid dienone is 4. The minimum atomic E-state index is -0.125. The van der Waals surface area contributed by atoms with Crippen LogP contribution in [-0.4, -0.2) is 20.9 Å². The van der Waals surface area contributed by atoms with E-state index in [1.165, 1.54) is 36.6 Å². The third-order valence-electron chi connectivity index (χ3n) is 9.32. The molecule has 7 nitrogen and oxygen atoms in total. The molecule has 4 heterocycles. The number of nitrogens with zero attached hydrogens (tertiary/aromatic N) is 2. The number of fused-ring (bicyclic) bond motifs is 3. The summed E-state index contributed by atoms with van der Waals surface area (Å²) in [5, 5.41) is 9.53. The molecule has 0 saturated carbocycles. The molecule has 7 rings (SSSR count). The Balaban J connectivity index is 0.000000223. The predicted octanol–water partition coefficient (Wildman–Crippen LogP) is 11.8. The van der Waals surface area contributed by atoms with Crippen molar-refractivity contribution in [2.45, 2.75) is 86.0 Å². The fourth-order valence-electron chi connectivity index (χ4n) is 6.11. The second-order valence-corrected chi connectivity index (χ2v) is 15.9. The van der Waals surface area contributed by atoms with Crippen LogP contribution in [0.3, 0.4) is 0 Å². The Bertz CT molecular complexity index is 2530. The van der Waals surface area contributed by atoms with Crippen molar-refractivity contribution >= 4 is 27.7 Å². The van der Waals surface area contributed by atoms with Crippen LogP contribution in [0.4, 0.5) is 0 Å². The minimum Gasteiger partial charge on any atom is -0.512 e. The molecule has 0 atom stereocenters. The summed E-state index contributed by atoms with van der Waals surface area (Å²) in [6.45, 7) is 21.7. The van der Waals surface area contributed by atoms with Crippen LogP contribution in [0, 0.1) is 6.07 Å². The molecule has 1 radical (unpaired) electrons. The first-order chi connectivity index (χ1) is 26.5. The molecular formula is C49H51IrN2O5-. The van der Waals surface area contributed by atoms with Crippen LogP contribution in [0.2, 0.25) is 0 Å². The number of rotatable bonds is 5. The van der Waals surface area contributed by atoms with Gasteiger partial charge in [0.05, 0.1) is 22.4 Å². The van der Waals surface area contributed by atoms with Crippen LogP contribution < -0.4 is 10.2 Å². The molecule has 0 aliphatic carbocycles. The maximum Gasteiger partial charge on any atom is 0.182 e. The van der Waals surface area contributed by atoms with Crippen molar-refractivity contribution in [3.63, 3.8) is 0 Å². The number of aromatic nitrogens is 2. The van der Waals surface area contributed by atoms with Gasteiger partial charge in [-0.2, -0.15) is 0 Å². The van der Waals surface area contributed by atoms with Gasteiger partial charge in [-0.15, -0.1) is 23.8 Å². The standard InChI is InChI=1S/C26H26NO2.C18H17NO.C5H8O2.Ir/c1-25(2,3)17-8-10-23-20(14-17)24(28)19-13-16(7-9-22(19)29-23)21-15-18(11-12-27-21)26(4,5)6;1-3-13-9-10-19-17(11-13)14-6-8-18-15(12-14)5-7-16(4-2)20-18;1-4(6)3-5(2)7;/h8-15H,1-6H3;4,6-12H,2-3,5H2,1H3;3,6H,1-2H3;/q-1;;;. The van der Waals surface area contributed by atoms with Gasteiger partial charge in [-0.1, -0.05) is 67.2 Å². The van der Waals surface area contributed by atoms with Crippen LogP contribution in [0.15, 0.2) is 131 Å². The third-order valence-corrected chi connectivity index (χ3v) is 9.32. The van der Waals surface area contributed by atoms with Crippen molar-refractivity contribution in [3.05, 3.63) is 160 Å². The van der Waals surface area contributed by atoms with Crippen LogP contribution in [-0.2, 0) is 48.6 Å². The van der Waals surface area contributed by atoms with Crippen LogP contribution in [0.25, 0.3) is 44.5 Å². The van der Waals surface area contributed by atoms with E-state index in [1.54, 1.807) is 12.1 Å². The topological polar surface area (TPSA) is 103 Å². The van der Waals surface area contributed by atoms with Crippen LogP contribution in [0.5, 0.6) is 5.75 Å². The first-order valence-electron chi connectivity index (χ1n) is 18.8. The predicted molar refractivity (Wildman–Crippen MR) is 228 cm³/mol. The summed E-state index contributed by atoms with van der Waals surface area (Å²) in [7, 11) is 0. The third kappa shape index (κ3) is 11.3. The first-order valence-corrected chi connectivity index (χ1v) is 18.8. The maximum absolute atomic E-state index is 13.3. The van der Waals surface area contributed by atoms with Gasteiger partial charge in [0, 0.05) is 44.1 Å². The van der Waals surface area contributed by atoms with E-state index in [0.29, 0.717) is 21.9 Å². The number of aryl methyl sites for hydroxylation is 1. The normalized spacial score (nSPS) is 12.4. The van der Waals surface area contributed by atoms with E-state index in [0.717, 1.165) is 52.4 Å². The molecule has 0 fully saturated rings. The Morgan fingerprint density at radius 3 is 2.16 bits per heavy atom. The first kappa shape index (κ1) is 44.3. The average molecular weight is 940 g/mol. The molecule has 8 heteroatoms. The summed E-state index contributed by atoms with van der Waals surface area (Å²) in [5.74, 6) is 1.68. The minimum absolute atomic E-state index is 0. The average Bonchev–Trinajstić information content (AvgIpc) is 3.16. The molecule has 6 aromatic rings. The molecule has 1 aliphatic heterocycles. The summed E-state index contributed by atoms with van der Waals surface area (Å²) < 4.78 is 11.8. The van der Waals surface area contributed by atoms with Crippen molar-refractivity contribution < 1.29 is 39.2 Å². The zero-order valence-corrected chi connectivity index (χ0v) is 36.6. The number of benzene rings is 3. The Morgan fingerprint density at radius 2 is 1.53 bits per heavy atom. The molecule has 1 aliphatic rings. The largest absolute Gasteiger partial charge is 0.512 e. The van der Waals surface area contributed by atoms with E-state index < -0.39 is 0 Å². The molecule has 3 aromatic carbocycles. The van der Waals surface area contributed by atoms with Gasteiger partial charge in [-0.3, -0.25) is 14.6 Å². The van der Waals surface area contributed by atoms with E-state index in [1.807, 2.05) is 48.8 Å². The summed E-state index contributed by atoms with van der Waals surface area (Å²) in [5.41, 5.74) is 9.66. The number of aliphatic hydroxyl groups excluding tert-OH is 1. The van der Waals surface area contributed by atoms with Crippen molar-refractivity contribution in [1.82, 2.24) is 9.97 Å². The number of pyridine rings is 2. The molecule has 1 N–H and O–H groups in total. The molecule has 0 bridgehead atoms. The van der Waals surface area contributed by atoms with Gasteiger partial charge in [0.25, 0.3) is 0 Å². The van der Waals surface area contributed by atoms with Crippen molar-refractivity contribution in [2.24, 2.45) is 0 Å². The van der Waals surface area contributed by atoms with Crippen LogP contribution in [0.1, 0.15) is 84.6 Å². The Morgan fingerprint density at radius 1 is 0.860 bits per heavy atom. The quantitative estimate of drug-likeness (QED) is 0.0795. The number of aliphatic hydroxyl groups is 1. The summed E-state index contributed by atoms with van der Waals surface area (Å²) in [4.78, 5) is 32.3. The number of hydrogen-bond donors (Lipinski definition) is 1. The van der Waals surface area contributed by atoms with E-state index in [4.69, 9.17) is 14.3 Å². The SMILES string of the molecule is C=CC1=CCc2cc(-c3cc(CC)ccn3)ccc2O1.CC(=O)C=C(C)O.CC(C)(C)c1ccnc(-c2[c-]cc3oc4ccc(C(C)(C)C)cc4c(=O)c3c2)c1.[Ir]. The van der Waals surface area contributed by atoms with Gasteiger partial charge >= 0.3 is 0 Å². The van der Waals surface area contributed by atoms with E-state index in [9.17, 15) is 9.59 Å². The fraction of sp³-hybridized carbons (Fsp3) is 0.265. The van der Waals surface area contributed by atoms with Gasteiger partial charge < -0.3 is 19.2 Å². The Kier molecular flexibility index (Phi) is 14.5. The number of hydrogen-bond acceptors (Lipinski definition) is 7. The van der Waals surface area contributed by atoms with Gasteiger partial charge in [0.1, 0.15) is 17.1 Å². The molecule has 0 spiro atoms. The smallest absolute Gasteiger partial charge is 0.182 e. The van der Waals surface area contributed by atoms with Gasteiger partial charge in [0.2, 0.25) is 0 Å². The van der Waals surface area contributed by atoms with Crippen molar-refractivity contribution in [2.75, 3.05) is 0 Å². The number of carbonyl (C=O) groups is 1. The summed E-state index contributed by atoms with van der Waals surface area (Å²) >= 11 is 0. The zero-order valence-electron chi connectivity index (χ0n) is 34.2. The zero-order chi connectivity index (χ0) is 40.8. The van der Waals surface area contributed by atoms with E-state index in [-0.39, 0.29) is 47.9 Å². The monoisotopic (exact) mass is 940 g/mol. The van der Waals surface area contributed by atoms with Crippen LogP contribution >= 0.6 is 0 Å². The van der Waals surface area contributed by atoms with E-state index >= 15 is 0 Å². The molecule has 0 amide bonds. The fourth-order valence-corrected chi connectivity index (χ4v) is 6.11. The Labute approximate surface area is 349 Å². The number of carbonyl (C=O) groups excluding carboxylic acids is 1. The van der Waals surface area contributed by atoms with Crippen molar-refractivity contribution in [3.8, 4) is 28.3 Å². The molecule has 0 unspecified atom stereocenters. The Hall–Kier alpha value is -5.43. The molecule has 57 heavy (non-hydrogen) atoms. The molecule has 3 aromatic heterocycles. The second kappa shape index (κ2) is 18.7. The van der Waals surface area contributed by atoms with Gasteiger partial charge in [-0.25, -0.2) is 0 Å². The molecule has 297 valence electrons. The number of ketones is 1. The second-order valence-electron chi connectivity index (χ2n) is 15.9. The maximum atomic E-state index is 13.3. The van der Waals surface area contributed by atoms with E-state index in [2.05, 4.69) is 107 Å². The molecule has 0 saturated heterocycles. The number of ether oxygens (including phenoxy) is 1. The van der Waals surface area contributed by atoms with Gasteiger partial charge in [0.15, 0.2) is 11.2 Å². The summed E-state index contributed by atoms with van der Waals surface area (Å²) in [6, 6.07) is 27.2. The van der Waals surface area contributed by atoms with Crippen molar-refractivity contribution in [1.29, 1.82) is 0 Å².